The first-order valence-corrected chi connectivity index (χ1v) is 7.86. The maximum absolute atomic E-state index is 12.1. The number of rotatable bonds is 8. The molecule has 1 atom stereocenters. The summed E-state index contributed by atoms with van der Waals surface area (Å²) in [6.07, 6.45) is 0.129. The molecular formula is C19H20NO4-. The number of hydrogen-bond acceptors (Lipinski definition) is 4. The summed E-state index contributed by atoms with van der Waals surface area (Å²) >= 11 is 0. The number of carboxylic acids is 1. The number of anilines is 1. The van der Waals surface area contributed by atoms with Crippen molar-refractivity contribution in [1.82, 2.24) is 0 Å². The zero-order valence-electron chi connectivity index (χ0n) is 13.5. The molecule has 5 heteroatoms. The molecule has 0 saturated carbocycles. The van der Waals surface area contributed by atoms with Crippen molar-refractivity contribution in [2.45, 2.75) is 19.8 Å². The van der Waals surface area contributed by atoms with E-state index in [4.69, 9.17) is 4.74 Å². The SMILES string of the molecule is CCOc1ccc(NC(=O)C[C@H](Cc2ccccc2)C(=O)[O-])cc1. The summed E-state index contributed by atoms with van der Waals surface area (Å²) in [4.78, 5) is 23.4. The summed E-state index contributed by atoms with van der Waals surface area (Å²) in [7, 11) is 0. The number of amides is 1. The van der Waals surface area contributed by atoms with Crippen molar-refractivity contribution in [2.24, 2.45) is 5.92 Å². The third-order valence-electron chi connectivity index (χ3n) is 3.54. The predicted molar refractivity (Wildman–Crippen MR) is 89.5 cm³/mol. The zero-order chi connectivity index (χ0) is 17.4. The highest BCUT2D eigenvalue weighted by Crippen LogP contribution is 2.17. The van der Waals surface area contributed by atoms with E-state index in [0.29, 0.717) is 18.0 Å². The molecule has 0 aliphatic carbocycles. The molecule has 2 aromatic rings. The van der Waals surface area contributed by atoms with Crippen molar-refractivity contribution in [3.63, 3.8) is 0 Å². The van der Waals surface area contributed by atoms with Crippen LogP contribution < -0.4 is 15.2 Å². The van der Waals surface area contributed by atoms with Crippen molar-refractivity contribution < 1.29 is 19.4 Å². The molecule has 5 nitrogen and oxygen atoms in total. The predicted octanol–water partition coefficient (Wildman–Crippen LogP) is 2.02. The highest BCUT2D eigenvalue weighted by molar-refractivity contribution is 5.93. The van der Waals surface area contributed by atoms with Gasteiger partial charge < -0.3 is 20.0 Å². The quantitative estimate of drug-likeness (QED) is 0.805. The van der Waals surface area contributed by atoms with E-state index in [1.165, 1.54) is 0 Å². The van der Waals surface area contributed by atoms with E-state index < -0.39 is 11.9 Å². The van der Waals surface area contributed by atoms with Gasteiger partial charge in [0.1, 0.15) is 5.75 Å². The summed E-state index contributed by atoms with van der Waals surface area (Å²) < 4.78 is 5.33. The van der Waals surface area contributed by atoms with E-state index in [2.05, 4.69) is 5.32 Å². The topological polar surface area (TPSA) is 78.5 Å². The van der Waals surface area contributed by atoms with Gasteiger partial charge in [0.2, 0.25) is 5.91 Å². The molecule has 0 saturated heterocycles. The summed E-state index contributed by atoms with van der Waals surface area (Å²) in [5.74, 6) is -1.73. The van der Waals surface area contributed by atoms with Gasteiger partial charge in [-0.25, -0.2) is 0 Å². The normalized spacial score (nSPS) is 11.5. The fourth-order valence-electron chi connectivity index (χ4n) is 2.37. The molecule has 2 rings (SSSR count). The Hall–Kier alpha value is -2.82. The lowest BCUT2D eigenvalue weighted by Crippen LogP contribution is -2.35. The van der Waals surface area contributed by atoms with E-state index in [9.17, 15) is 14.7 Å². The van der Waals surface area contributed by atoms with E-state index in [1.807, 2.05) is 37.3 Å². The zero-order valence-corrected chi connectivity index (χ0v) is 13.5. The Labute approximate surface area is 141 Å². The van der Waals surface area contributed by atoms with E-state index in [-0.39, 0.29) is 18.7 Å². The van der Waals surface area contributed by atoms with Gasteiger partial charge in [0.05, 0.1) is 6.61 Å². The number of carboxylic acid groups (broad SMARTS) is 1. The summed E-state index contributed by atoms with van der Waals surface area (Å²) in [6.45, 7) is 2.46. The molecule has 0 spiro atoms. The van der Waals surface area contributed by atoms with Gasteiger partial charge in [-0.1, -0.05) is 30.3 Å². The fraction of sp³-hybridized carbons (Fsp3) is 0.263. The Morgan fingerprint density at radius 1 is 1.08 bits per heavy atom. The number of hydrogen-bond donors (Lipinski definition) is 1. The van der Waals surface area contributed by atoms with Crippen LogP contribution in [-0.4, -0.2) is 18.5 Å². The van der Waals surface area contributed by atoms with Gasteiger partial charge in [-0.15, -0.1) is 0 Å². The van der Waals surface area contributed by atoms with Gasteiger partial charge >= 0.3 is 0 Å². The molecule has 0 radical (unpaired) electrons. The van der Waals surface area contributed by atoms with Crippen molar-refractivity contribution in [1.29, 1.82) is 0 Å². The molecule has 2 aromatic carbocycles. The number of nitrogens with one attached hydrogen (secondary N) is 1. The Morgan fingerprint density at radius 3 is 2.33 bits per heavy atom. The van der Waals surface area contributed by atoms with Gasteiger partial charge in [0.15, 0.2) is 0 Å². The largest absolute Gasteiger partial charge is 0.550 e. The van der Waals surface area contributed by atoms with Gasteiger partial charge in [-0.05, 0) is 43.2 Å². The van der Waals surface area contributed by atoms with Crippen molar-refractivity contribution in [2.75, 3.05) is 11.9 Å². The van der Waals surface area contributed by atoms with E-state index in [1.54, 1.807) is 24.3 Å². The molecule has 1 amide bonds. The third kappa shape index (κ3) is 5.43. The minimum Gasteiger partial charge on any atom is -0.550 e. The first-order chi connectivity index (χ1) is 11.6. The highest BCUT2D eigenvalue weighted by Gasteiger charge is 2.16. The van der Waals surface area contributed by atoms with E-state index in [0.717, 1.165) is 5.56 Å². The van der Waals surface area contributed by atoms with Crippen LogP contribution in [0.3, 0.4) is 0 Å². The standard InChI is InChI=1S/C19H21NO4/c1-2-24-17-10-8-16(9-11-17)20-18(21)13-15(19(22)23)12-14-6-4-3-5-7-14/h3-11,15H,2,12-13H2,1H3,(H,20,21)(H,22,23)/p-1/t15-/m0/s1. The second-order valence-corrected chi connectivity index (χ2v) is 5.42. The van der Waals surface area contributed by atoms with Crippen LogP contribution in [0.1, 0.15) is 18.9 Å². The molecule has 126 valence electrons. The fourth-order valence-corrected chi connectivity index (χ4v) is 2.37. The second-order valence-electron chi connectivity index (χ2n) is 5.42. The number of carbonyl (C=O) groups is 2. The molecule has 0 heterocycles. The minimum atomic E-state index is -1.22. The molecule has 0 bridgehead atoms. The van der Waals surface area contributed by atoms with Gasteiger partial charge in [0.25, 0.3) is 0 Å². The molecule has 1 N–H and O–H groups in total. The van der Waals surface area contributed by atoms with Crippen LogP contribution in [0.25, 0.3) is 0 Å². The van der Waals surface area contributed by atoms with Crippen LogP contribution in [0.5, 0.6) is 5.75 Å². The monoisotopic (exact) mass is 326 g/mol. The lowest BCUT2D eigenvalue weighted by molar-refractivity contribution is -0.311. The van der Waals surface area contributed by atoms with E-state index >= 15 is 0 Å². The number of ether oxygens (including phenoxy) is 1. The Kier molecular flexibility index (Phi) is 6.37. The average molecular weight is 326 g/mol. The van der Waals surface area contributed by atoms with Crippen LogP contribution in [-0.2, 0) is 16.0 Å². The molecule has 24 heavy (non-hydrogen) atoms. The Balaban J connectivity index is 1.94. The first-order valence-electron chi connectivity index (χ1n) is 7.86. The first kappa shape index (κ1) is 17.5. The van der Waals surface area contributed by atoms with Crippen molar-refractivity contribution in [3.05, 3.63) is 60.2 Å². The molecule has 0 fully saturated rings. The molecular weight excluding hydrogens is 306 g/mol. The third-order valence-corrected chi connectivity index (χ3v) is 3.54. The Bertz CT molecular complexity index is 668. The lowest BCUT2D eigenvalue weighted by Gasteiger charge is -2.18. The number of aliphatic carboxylic acids is 1. The van der Waals surface area contributed by atoms with Crippen LogP contribution in [0.2, 0.25) is 0 Å². The molecule has 0 aliphatic rings. The Morgan fingerprint density at radius 2 is 1.75 bits per heavy atom. The van der Waals surface area contributed by atoms with Gasteiger partial charge in [-0.2, -0.15) is 0 Å². The lowest BCUT2D eigenvalue weighted by atomic mass is 9.96. The van der Waals surface area contributed by atoms with Gasteiger partial charge in [-0.3, -0.25) is 4.79 Å². The molecule has 0 aliphatic heterocycles. The summed E-state index contributed by atoms with van der Waals surface area (Å²) in [5, 5.41) is 14.0. The van der Waals surface area contributed by atoms with Gasteiger partial charge in [0, 0.05) is 24.0 Å². The van der Waals surface area contributed by atoms with Crippen molar-refractivity contribution >= 4 is 17.6 Å². The molecule has 0 aromatic heterocycles. The van der Waals surface area contributed by atoms with Crippen LogP contribution in [0.15, 0.2) is 54.6 Å². The van der Waals surface area contributed by atoms with Crippen LogP contribution in [0, 0.1) is 5.92 Å². The highest BCUT2D eigenvalue weighted by atomic mass is 16.5. The van der Waals surface area contributed by atoms with Crippen LogP contribution in [0.4, 0.5) is 5.69 Å². The average Bonchev–Trinajstić information content (AvgIpc) is 2.57. The number of benzene rings is 2. The summed E-state index contributed by atoms with van der Waals surface area (Å²) in [6, 6.07) is 16.1. The molecule has 0 unspecified atom stereocenters. The maximum Gasteiger partial charge on any atom is 0.225 e. The van der Waals surface area contributed by atoms with Crippen LogP contribution >= 0.6 is 0 Å². The smallest absolute Gasteiger partial charge is 0.225 e. The minimum absolute atomic E-state index is 0.134. The second kappa shape index (κ2) is 8.72. The number of carbonyl (C=O) groups excluding carboxylic acids is 2. The maximum atomic E-state index is 12.1. The van der Waals surface area contributed by atoms with Crippen molar-refractivity contribution in [3.8, 4) is 5.75 Å². The summed E-state index contributed by atoms with van der Waals surface area (Å²) in [5.41, 5.74) is 1.46.